The minimum atomic E-state index is -1.35. The van der Waals surface area contributed by atoms with Gasteiger partial charge in [-0.2, -0.15) is 0 Å². The second kappa shape index (κ2) is 6.76. The van der Waals surface area contributed by atoms with Crippen LogP contribution < -0.4 is 4.74 Å². The van der Waals surface area contributed by atoms with E-state index in [1.807, 2.05) is 79.9 Å². The lowest BCUT2D eigenvalue weighted by Gasteiger charge is -2.38. The largest absolute Gasteiger partial charge is 0.507 e. The van der Waals surface area contributed by atoms with Gasteiger partial charge in [0.05, 0.1) is 32.4 Å². The van der Waals surface area contributed by atoms with E-state index in [9.17, 15) is 15.0 Å². The summed E-state index contributed by atoms with van der Waals surface area (Å²) in [5.41, 5.74) is 0.734. The van der Waals surface area contributed by atoms with Gasteiger partial charge >= 0.3 is 5.97 Å². The van der Waals surface area contributed by atoms with E-state index >= 15 is 0 Å². The number of hydrogen-bond acceptors (Lipinski definition) is 5. The summed E-state index contributed by atoms with van der Waals surface area (Å²) in [4.78, 5) is 12.8. The Kier molecular flexibility index (Phi) is 4.65. The highest BCUT2D eigenvalue weighted by Gasteiger charge is 2.55. The molecule has 9 heteroatoms. The van der Waals surface area contributed by atoms with Crippen LogP contribution in [0.25, 0.3) is 0 Å². The van der Waals surface area contributed by atoms with Crippen LogP contribution in [-0.4, -0.2) is 16.2 Å². The maximum atomic E-state index is 12.8. The number of fused-ring (bicyclic) bond motifs is 6. The van der Waals surface area contributed by atoms with Crippen molar-refractivity contribution in [1.82, 2.24) is 0 Å². The molecule has 2 aliphatic heterocycles. The van der Waals surface area contributed by atoms with Crippen molar-refractivity contribution < 1.29 is 24.5 Å². The molecule has 0 amide bonds. The summed E-state index contributed by atoms with van der Waals surface area (Å²) < 4.78 is 13.6. The molecule has 0 saturated heterocycles. The van der Waals surface area contributed by atoms with Gasteiger partial charge in [-0.1, -0.05) is 29.8 Å². The molecular weight excluding hydrogens is 736 g/mol. The Balaban J connectivity index is 2.00. The van der Waals surface area contributed by atoms with Crippen molar-refractivity contribution in [1.29, 1.82) is 0 Å². The van der Waals surface area contributed by atoms with Crippen molar-refractivity contribution in [2.75, 3.05) is 0 Å². The van der Waals surface area contributed by atoms with E-state index < -0.39 is 11.6 Å². The summed E-state index contributed by atoms with van der Waals surface area (Å²) in [6.07, 6.45) is 0. The SMILES string of the molecule is O=C1OC2(c3ccccc31)c1cc(I)c(O)c(I)c1Oc1cc(O)c(I)c(Cl)c12. The zero-order valence-electron chi connectivity index (χ0n) is 14.1. The normalized spacial score (nSPS) is 18.7. The van der Waals surface area contributed by atoms with Crippen LogP contribution in [0.4, 0.5) is 0 Å². The molecule has 0 saturated carbocycles. The lowest BCUT2D eigenvalue weighted by atomic mass is 9.77. The molecule has 0 fully saturated rings. The summed E-state index contributed by atoms with van der Waals surface area (Å²) in [5.74, 6) is 0.176. The van der Waals surface area contributed by atoms with E-state index in [1.54, 1.807) is 18.2 Å². The first-order chi connectivity index (χ1) is 13.8. The predicted octanol–water partition coefficient (Wildman–Crippen LogP) is 6.13. The van der Waals surface area contributed by atoms with E-state index in [4.69, 9.17) is 21.1 Å². The average molecular weight is 744 g/mol. The van der Waals surface area contributed by atoms with Crippen LogP contribution in [0, 0.1) is 10.7 Å². The number of ether oxygens (including phenoxy) is 2. The molecule has 1 spiro atoms. The number of halogens is 4. The molecule has 3 aromatic carbocycles. The first-order valence-corrected chi connectivity index (χ1v) is 11.8. The van der Waals surface area contributed by atoms with Gasteiger partial charge in [-0.25, -0.2) is 4.79 Å². The monoisotopic (exact) mass is 744 g/mol. The molecule has 0 bridgehead atoms. The lowest BCUT2D eigenvalue weighted by Crippen LogP contribution is -2.34. The van der Waals surface area contributed by atoms with Crippen molar-refractivity contribution in [2.24, 2.45) is 0 Å². The number of hydrogen-bond donors (Lipinski definition) is 2. The summed E-state index contributed by atoms with van der Waals surface area (Å²) in [6, 6.07) is 10.3. The smallest absolute Gasteiger partial charge is 0.340 e. The van der Waals surface area contributed by atoms with Gasteiger partial charge < -0.3 is 19.7 Å². The van der Waals surface area contributed by atoms with Gasteiger partial charge in [-0.3, -0.25) is 0 Å². The van der Waals surface area contributed by atoms with Gasteiger partial charge in [0.25, 0.3) is 0 Å². The number of benzene rings is 3. The minimum absolute atomic E-state index is 0.0460. The molecule has 2 heterocycles. The summed E-state index contributed by atoms with van der Waals surface area (Å²) in [6.45, 7) is 0. The zero-order valence-corrected chi connectivity index (χ0v) is 21.3. The predicted molar refractivity (Wildman–Crippen MR) is 131 cm³/mol. The first kappa shape index (κ1) is 19.9. The molecule has 0 aliphatic carbocycles. The molecule has 5 rings (SSSR count). The van der Waals surface area contributed by atoms with Crippen molar-refractivity contribution in [3.8, 4) is 23.0 Å². The van der Waals surface area contributed by atoms with Crippen molar-refractivity contribution in [2.45, 2.75) is 5.60 Å². The zero-order chi connectivity index (χ0) is 20.7. The van der Waals surface area contributed by atoms with Gasteiger partial charge in [0, 0.05) is 11.6 Å². The Morgan fingerprint density at radius 1 is 1.00 bits per heavy atom. The summed E-state index contributed by atoms with van der Waals surface area (Å²) in [5, 5.41) is 21.0. The third-order valence-corrected chi connectivity index (χ3v) is 8.63. The van der Waals surface area contributed by atoms with Crippen molar-refractivity contribution in [3.63, 3.8) is 0 Å². The van der Waals surface area contributed by atoms with Crippen LogP contribution in [0.5, 0.6) is 23.0 Å². The number of carbonyl (C=O) groups is 1. The fourth-order valence-electron chi connectivity index (χ4n) is 3.80. The van der Waals surface area contributed by atoms with E-state index in [2.05, 4.69) is 0 Å². The maximum Gasteiger partial charge on any atom is 0.340 e. The molecule has 2 aliphatic rings. The third kappa shape index (κ3) is 2.57. The highest BCUT2D eigenvalue weighted by Crippen LogP contribution is 2.61. The minimum Gasteiger partial charge on any atom is -0.507 e. The second-order valence-electron chi connectivity index (χ2n) is 6.51. The molecule has 1 unspecified atom stereocenters. The second-order valence-corrected chi connectivity index (χ2v) is 10.2. The maximum absolute atomic E-state index is 12.8. The number of carbonyl (C=O) groups excluding carboxylic acids is 1. The molecule has 1 atom stereocenters. The van der Waals surface area contributed by atoms with Crippen LogP contribution in [0.1, 0.15) is 27.0 Å². The molecule has 0 radical (unpaired) electrons. The van der Waals surface area contributed by atoms with Gasteiger partial charge in [0.2, 0.25) is 0 Å². The van der Waals surface area contributed by atoms with E-state index in [1.165, 1.54) is 6.07 Å². The van der Waals surface area contributed by atoms with Crippen LogP contribution in [0.2, 0.25) is 5.02 Å². The summed E-state index contributed by atoms with van der Waals surface area (Å²) >= 11 is 12.7. The Bertz CT molecular complexity index is 1260. The van der Waals surface area contributed by atoms with Gasteiger partial charge in [0.15, 0.2) is 11.4 Å². The number of phenols is 2. The highest BCUT2D eigenvalue weighted by molar-refractivity contribution is 14.1. The third-order valence-electron chi connectivity index (χ3n) is 5.02. The topological polar surface area (TPSA) is 76.0 Å². The van der Waals surface area contributed by atoms with Gasteiger partial charge in [-0.15, -0.1) is 0 Å². The number of rotatable bonds is 0. The average Bonchev–Trinajstić information content (AvgIpc) is 2.99. The fraction of sp³-hybridized carbons (Fsp3) is 0.0500. The van der Waals surface area contributed by atoms with E-state index in [-0.39, 0.29) is 22.3 Å². The lowest BCUT2D eigenvalue weighted by molar-refractivity contribution is 0.0223. The Morgan fingerprint density at radius 3 is 2.48 bits per heavy atom. The van der Waals surface area contributed by atoms with Crippen LogP contribution in [0.15, 0.2) is 36.4 Å². The van der Waals surface area contributed by atoms with Crippen LogP contribution >= 0.6 is 79.4 Å². The number of phenolic OH excluding ortho intramolecular Hbond substituents is 2. The van der Waals surface area contributed by atoms with E-state index in [0.29, 0.717) is 38.7 Å². The molecular formula is C20H8ClI3O5. The Morgan fingerprint density at radius 2 is 1.72 bits per heavy atom. The first-order valence-electron chi connectivity index (χ1n) is 8.21. The van der Waals surface area contributed by atoms with E-state index in [0.717, 1.165) is 0 Å². The Hall–Kier alpha value is -0.990. The molecule has 29 heavy (non-hydrogen) atoms. The molecule has 0 aromatic heterocycles. The molecule has 3 aromatic rings. The van der Waals surface area contributed by atoms with Crippen molar-refractivity contribution in [3.05, 3.63) is 74.4 Å². The number of aromatic hydroxyl groups is 2. The van der Waals surface area contributed by atoms with Crippen LogP contribution in [0.3, 0.4) is 0 Å². The number of esters is 1. The quantitative estimate of drug-likeness (QED) is 0.214. The van der Waals surface area contributed by atoms with Gasteiger partial charge in [-0.05, 0) is 79.9 Å². The molecule has 5 nitrogen and oxygen atoms in total. The van der Waals surface area contributed by atoms with Gasteiger partial charge in [0.1, 0.15) is 17.2 Å². The highest BCUT2D eigenvalue weighted by atomic mass is 127. The summed E-state index contributed by atoms with van der Waals surface area (Å²) in [7, 11) is 0. The molecule has 2 N–H and O–H groups in total. The standard InChI is InChI=1S/C20H8ClI3O5/c21-14-13-12(6-11(25)15(14)23)28-18-9(5-10(22)17(26)16(18)24)20(13)8-4-2-1-3-7(8)19(27)29-20/h1-6,25-26H. The Labute approximate surface area is 210 Å². The van der Waals surface area contributed by atoms with Crippen LogP contribution in [-0.2, 0) is 10.3 Å². The van der Waals surface area contributed by atoms with Crippen molar-refractivity contribution >= 4 is 85.3 Å². The molecule has 146 valence electrons. The fourth-order valence-corrected chi connectivity index (χ4v) is 6.34.